The minimum absolute atomic E-state index is 0. The quantitative estimate of drug-likeness (QED) is 0.669. The van der Waals surface area contributed by atoms with Gasteiger partial charge in [0, 0.05) is 25.7 Å². The minimum Gasteiger partial charge on any atom is -0.484 e. The van der Waals surface area contributed by atoms with Gasteiger partial charge in [-0.3, -0.25) is 9.59 Å². The number of hydrogen-bond donors (Lipinski definition) is 2. The van der Waals surface area contributed by atoms with Crippen LogP contribution in [0.3, 0.4) is 0 Å². The highest BCUT2D eigenvalue weighted by atomic mass is 35.5. The van der Waals surface area contributed by atoms with Crippen LogP contribution in [0.4, 0.5) is 0 Å². The third-order valence-electron chi connectivity index (χ3n) is 4.79. The molecule has 2 unspecified atom stereocenters. The van der Waals surface area contributed by atoms with Gasteiger partial charge in [0.15, 0.2) is 6.61 Å². The fourth-order valence-electron chi connectivity index (χ4n) is 3.19. The van der Waals surface area contributed by atoms with Crippen molar-refractivity contribution in [2.24, 2.45) is 11.7 Å². The number of benzene rings is 1. The number of likely N-dealkylation sites (tertiary alicyclic amines) is 1. The number of nitrogens with one attached hydrogen (secondary N) is 1. The van der Waals surface area contributed by atoms with Gasteiger partial charge in [-0.2, -0.15) is 0 Å². The maximum atomic E-state index is 12.5. The molecule has 2 atom stereocenters. The molecule has 2 amide bonds. The zero-order chi connectivity index (χ0) is 18.8. The van der Waals surface area contributed by atoms with E-state index in [1.54, 1.807) is 4.90 Å². The number of carbonyl (C=O) groups is 2. The van der Waals surface area contributed by atoms with Crippen LogP contribution in [0.1, 0.15) is 39.0 Å². The third-order valence-corrected chi connectivity index (χ3v) is 4.79. The van der Waals surface area contributed by atoms with E-state index in [2.05, 4.69) is 12.2 Å². The van der Waals surface area contributed by atoms with Crippen molar-refractivity contribution < 1.29 is 14.3 Å². The van der Waals surface area contributed by atoms with E-state index >= 15 is 0 Å². The van der Waals surface area contributed by atoms with Crippen LogP contribution in [-0.2, 0) is 9.59 Å². The number of carbonyl (C=O) groups excluding carboxylic acids is 2. The molecule has 1 aromatic rings. The number of hydrogen-bond acceptors (Lipinski definition) is 4. The zero-order valence-electron chi connectivity index (χ0n) is 16.1. The summed E-state index contributed by atoms with van der Waals surface area (Å²) in [6, 6.07) is 9.31. The van der Waals surface area contributed by atoms with E-state index in [0.29, 0.717) is 25.4 Å². The molecule has 27 heavy (non-hydrogen) atoms. The number of amides is 2. The summed E-state index contributed by atoms with van der Waals surface area (Å²) in [4.78, 5) is 26.7. The second-order valence-electron chi connectivity index (χ2n) is 6.86. The second-order valence-corrected chi connectivity index (χ2v) is 6.86. The number of unbranched alkanes of at least 4 members (excludes halogenated alkanes) is 1. The predicted octanol–water partition coefficient (Wildman–Crippen LogP) is 2.36. The molecule has 152 valence electrons. The number of halogens is 1. The fourth-order valence-corrected chi connectivity index (χ4v) is 3.19. The molecule has 0 radical (unpaired) electrons. The lowest BCUT2D eigenvalue weighted by Gasteiger charge is -2.32. The third kappa shape index (κ3) is 7.77. The molecule has 6 nitrogen and oxygen atoms in total. The van der Waals surface area contributed by atoms with E-state index in [-0.39, 0.29) is 42.8 Å². The van der Waals surface area contributed by atoms with Gasteiger partial charge in [-0.05, 0) is 31.4 Å². The van der Waals surface area contributed by atoms with Crippen LogP contribution >= 0.6 is 12.4 Å². The van der Waals surface area contributed by atoms with E-state index in [9.17, 15) is 9.59 Å². The van der Waals surface area contributed by atoms with Crippen molar-refractivity contribution in [3.63, 3.8) is 0 Å². The van der Waals surface area contributed by atoms with Crippen molar-refractivity contribution in [3.05, 3.63) is 30.3 Å². The Morgan fingerprint density at radius 1 is 1.33 bits per heavy atom. The summed E-state index contributed by atoms with van der Waals surface area (Å²) in [6.07, 6.45) is 4.67. The van der Waals surface area contributed by atoms with E-state index in [1.807, 2.05) is 30.3 Å². The number of ether oxygens (including phenoxy) is 1. The van der Waals surface area contributed by atoms with Gasteiger partial charge >= 0.3 is 0 Å². The maximum Gasteiger partial charge on any atom is 0.260 e. The van der Waals surface area contributed by atoms with Gasteiger partial charge in [0.2, 0.25) is 5.91 Å². The first kappa shape index (κ1) is 23.2. The van der Waals surface area contributed by atoms with Gasteiger partial charge in [-0.15, -0.1) is 12.4 Å². The Hall–Kier alpha value is -1.79. The Kier molecular flexibility index (Phi) is 10.8. The molecule has 1 aliphatic rings. The lowest BCUT2D eigenvalue weighted by molar-refractivity contribution is -0.137. The average molecular weight is 398 g/mol. The largest absolute Gasteiger partial charge is 0.484 e. The van der Waals surface area contributed by atoms with E-state index in [4.69, 9.17) is 10.5 Å². The molecule has 7 heteroatoms. The molecule has 3 N–H and O–H groups in total. The van der Waals surface area contributed by atoms with Crippen LogP contribution in [0.2, 0.25) is 0 Å². The first-order chi connectivity index (χ1) is 12.6. The monoisotopic (exact) mass is 397 g/mol. The molecule has 1 aliphatic heterocycles. The normalized spacial score (nSPS) is 17.6. The molecule has 0 bridgehead atoms. The van der Waals surface area contributed by atoms with Gasteiger partial charge in [-0.1, -0.05) is 38.0 Å². The van der Waals surface area contributed by atoms with Gasteiger partial charge < -0.3 is 20.7 Å². The molecule has 0 saturated carbocycles. The van der Waals surface area contributed by atoms with E-state index in [0.717, 1.165) is 32.1 Å². The highest BCUT2D eigenvalue weighted by Gasteiger charge is 2.29. The molecular formula is C20H32ClN3O3. The summed E-state index contributed by atoms with van der Waals surface area (Å²) in [6.45, 7) is 3.70. The van der Waals surface area contributed by atoms with E-state index in [1.165, 1.54) is 0 Å². The number of rotatable bonds is 9. The van der Waals surface area contributed by atoms with E-state index < -0.39 is 0 Å². The van der Waals surface area contributed by atoms with Gasteiger partial charge in [-0.25, -0.2) is 0 Å². The lowest BCUT2D eigenvalue weighted by atomic mass is 9.96. The van der Waals surface area contributed by atoms with Crippen molar-refractivity contribution >= 4 is 24.2 Å². The first-order valence-electron chi connectivity index (χ1n) is 9.60. The molecule has 0 aliphatic carbocycles. The lowest BCUT2D eigenvalue weighted by Crippen LogP contribution is -2.49. The van der Waals surface area contributed by atoms with Crippen molar-refractivity contribution in [2.45, 2.75) is 45.1 Å². The van der Waals surface area contributed by atoms with Gasteiger partial charge in [0.05, 0.1) is 5.92 Å². The summed E-state index contributed by atoms with van der Waals surface area (Å²) < 4.78 is 5.53. The molecule has 1 aromatic carbocycles. The summed E-state index contributed by atoms with van der Waals surface area (Å²) in [5.74, 6) is 0.444. The molecule has 1 heterocycles. The van der Waals surface area contributed by atoms with Crippen LogP contribution < -0.4 is 15.8 Å². The Morgan fingerprint density at radius 3 is 2.74 bits per heavy atom. The van der Waals surface area contributed by atoms with Crippen molar-refractivity contribution in [1.29, 1.82) is 0 Å². The van der Waals surface area contributed by atoms with Crippen LogP contribution in [0, 0.1) is 5.92 Å². The van der Waals surface area contributed by atoms with Crippen LogP contribution in [-0.4, -0.2) is 49.0 Å². The first-order valence-corrected chi connectivity index (χ1v) is 9.60. The molecule has 1 saturated heterocycles. The van der Waals surface area contributed by atoms with Gasteiger partial charge in [0.1, 0.15) is 5.75 Å². The fraction of sp³-hybridized carbons (Fsp3) is 0.600. The van der Waals surface area contributed by atoms with Crippen molar-refractivity contribution in [2.75, 3.05) is 26.2 Å². The van der Waals surface area contributed by atoms with Crippen LogP contribution in [0.5, 0.6) is 5.75 Å². The number of nitrogens with zero attached hydrogens (tertiary/aromatic N) is 1. The molecule has 1 fully saturated rings. The average Bonchev–Trinajstić information content (AvgIpc) is 2.70. The summed E-state index contributed by atoms with van der Waals surface area (Å²) in [5, 5.41) is 3.06. The summed E-state index contributed by atoms with van der Waals surface area (Å²) in [7, 11) is 0. The van der Waals surface area contributed by atoms with Crippen molar-refractivity contribution in [3.8, 4) is 5.75 Å². The predicted molar refractivity (Wildman–Crippen MR) is 109 cm³/mol. The van der Waals surface area contributed by atoms with Crippen LogP contribution in [0.15, 0.2) is 30.3 Å². The molecule has 0 spiro atoms. The minimum atomic E-state index is -0.167. The van der Waals surface area contributed by atoms with Crippen LogP contribution in [0.25, 0.3) is 0 Å². The molecule has 0 aromatic heterocycles. The summed E-state index contributed by atoms with van der Waals surface area (Å²) >= 11 is 0. The molecule has 2 rings (SSSR count). The SMILES string of the molecule is CCCCC(CN)NC(=O)C1CCCN(C(=O)COc2ccccc2)C1.Cl. The number of nitrogens with two attached hydrogens (primary N) is 1. The summed E-state index contributed by atoms with van der Waals surface area (Å²) in [5.41, 5.74) is 5.77. The Labute approximate surface area is 168 Å². The highest BCUT2D eigenvalue weighted by molar-refractivity contribution is 5.85. The highest BCUT2D eigenvalue weighted by Crippen LogP contribution is 2.18. The molecular weight excluding hydrogens is 366 g/mol. The van der Waals surface area contributed by atoms with Crippen molar-refractivity contribution in [1.82, 2.24) is 10.2 Å². The topological polar surface area (TPSA) is 84.7 Å². The Bertz CT molecular complexity index is 571. The smallest absolute Gasteiger partial charge is 0.260 e. The maximum absolute atomic E-state index is 12.5. The van der Waals surface area contributed by atoms with Gasteiger partial charge in [0.25, 0.3) is 5.91 Å². The Balaban J connectivity index is 0.00000364. The Morgan fingerprint density at radius 2 is 2.07 bits per heavy atom. The number of para-hydroxylation sites is 1. The zero-order valence-corrected chi connectivity index (χ0v) is 16.9. The second kappa shape index (κ2) is 12.6. The standard InChI is InChI=1S/C20H31N3O3.ClH/c1-2-3-9-17(13-21)22-20(25)16-8-7-12-23(14-16)19(24)15-26-18-10-5-4-6-11-18;/h4-6,10-11,16-17H,2-3,7-9,12-15,21H2,1H3,(H,22,25);1H. The number of piperidine rings is 1.